The van der Waals surface area contributed by atoms with Crippen LogP contribution in [0.15, 0.2) is 35.5 Å². The van der Waals surface area contributed by atoms with Crippen LogP contribution in [0.4, 0.5) is 5.69 Å². The Hall–Kier alpha value is -2.35. The van der Waals surface area contributed by atoms with Gasteiger partial charge in [0.1, 0.15) is 11.3 Å². The highest BCUT2D eigenvalue weighted by Crippen LogP contribution is 2.21. The third-order valence-corrected chi connectivity index (χ3v) is 4.02. The van der Waals surface area contributed by atoms with Crippen molar-refractivity contribution in [1.29, 1.82) is 0 Å². The fourth-order valence-electron chi connectivity index (χ4n) is 2.05. The van der Waals surface area contributed by atoms with Crippen molar-refractivity contribution in [2.45, 2.75) is 11.4 Å². The Labute approximate surface area is 115 Å². The maximum Gasteiger partial charge on any atom is 0.177 e. The molecule has 3 N–H and O–H groups in total. The maximum absolute atomic E-state index is 11.7. The van der Waals surface area contributed by atoms with Gasteiger partial charge in [-0.1, -0.05) is 6.07 Å². The second-order valence-electron chi connectivity index (χ2n) is 4.58. The van der Waals surface area contributed by atoms with E-state index >= 15 is 0 Å². The minimum atomic E-state index is -3.31. The Morgan fingerprint density at radius 1 is 1.40 bits per heavy atom. The molecule has 0 atom stereocenters. The number of anilines is 1. The molecule has 0 spiro atoms. The summed E-state index contributed by atoms with van der Waals surface area (Å²) >= 11 is 0. The number of hydrogen-bond acceptors (Lipinski definition) is 5. The van der Waals surface area contributed by atoms with Gasteiger partial charge < -0.3 is 10.7 Å². The summed E-state index contributed by atoms with van der Waals surface area (Å²) in [6, 6.07) is 5.03. The van der Waals surface area contributed by atoms with E-state index in [1.165, 1.54) is 6.26 Å². The fourth-order valence-corrected chi connectivity index (χ4v) is 2.88. The van der Waals surface area contributed by atoms with Crippen LogP contribution in [-0.2, 0) is 16.4 Å². The van der Waals surface area contributed by atoms with Gasteiger partial charge >= 0.3 is 0 Å². The van der Waals surface area contributed by atoms with Crippen molar-refractivity contribution in [2.75, 3.05) is 12.0 Å². The van der Waals surface area contributed by atoms with Gasteiger partial charge in [0, 0.05) is 12.5 Å². The van der Waals surface area contributed by atoms with E-state index in [0.717, 1.165) is 0 Å². The van der Waals surface area contributed by atoms with Crippen LogP contribution in [0.5, 0.6) is 0 Å². The zero-order chi connectivity index (χ0) is 14.3. The predicted octanol–water partition coefficient (Wildman–Crippen LogP) is 0.793. The van der Waals surface area contributed by atoms with Crippen molar-refractivity contribution in [2.24, 2.45) is 0 Å². The topological polar surface area (TPSA) is 107 Å². The summed E-state index contributed by atoms with van der Waals surface area (Å²) in [4.78, 5) is 7.66. The van der Waals surface area contributed by atoms with E-state index in [-0.39, 0.29) is 4.90 Å². The number of aromatic amines is 1. The van der Waals surface area contributed by atoms with Gasteiger partial charge in [0.25, 0.3) is 0 Å². The molecule has 2 aromatic heterocycles. The molecule has 3 aromatic rings. The molecule has 1 aromatic carbocycles. The molecule has 0 bridgehead atoms. The standard InChI is InChI=1S/C12H13N5O2S/c1-20(18,19)10-4-2-3-9-12(10)16-11(15-9)7-17-6-8(13)5-14-17/h2-6H,7,13H2,1H3,(H,15,16). The third kappa shape index (κ3) is 2.25. The molecule has 0 aliphatic heterocycles. The second kappa shape index (κ2) is 4.34. The van der Waals surface area contributed by atoms with Gasteiger partial charge in [0.15, 0.2) is 9.84 Å². The fraction of sp³-hybridized carbons (Fsp3) is 0.167. The van der Waals surface area contributed by atoms with E-state index in [0.29, 0.717) is 29.1 Å². The predicted molar refractivity (Wildman–Crippen MR) is 74.9 cm³/mol. The Balaban J connectivity index is 2.07. The summed E-state index contributed by atoms with van der Waals surface area (Å²) in [6.45, 7) is 0.398. The number of hydrogen-bond donors (Lipinski definition) is 2. The number of nitrogens with one attached hydrogen (secondary N) is 1. The molecule has 2 heterocycles. The second-order valence-corrected chi connectivity index (χ2v) is 6.56. The lowest BCUT2D eigenvalue weighted by Crippen LogP contribution is -2.01. The van der Waals surface area contributed by atoms with Gasteiger partial charge in [-0.2, -0.15) is 5.10 Å². The number of rotatable bonds is 3. The molecular formula is C12H13N5O2S. The van der Waals surface area contributed by atoms with Crippen LogP contribution >= 0.6 is 0 Å². The van der Waals surface area contributed by atoms with E-state index in [1.807, 2.05) is 0 Å². The molecule has 0 saturated carbocycles. The lowest BCUT2D eigenvalue weighted by molar-refractivity contribution is 0.602. The molecule has 104 valence electrons. The number of benzene rings is 1. The van der Waals surface area contributed by atoms with Gasteiger partial charge in [-0.3, -0.25) is 4.68 Å². The first-order valence-corrected chi connectivity index (χ1v) is 7.78. The van der Waals surface area contributed by atoms with Crippen molar-refractivity contribution < 1.29 is 8.42 Å². The van der Waals surface area contributed by atoms with Crippen LogP contribution in [0.25, 0.3) is 11.0 Å². The first-order chi connectivity index (χ1) is 9.43. The lowest BCUT2D eigenvalue weighted by atomic mass is 10.3. The molecule has 0 saturated heterocycles. The van der Waals surface area contributed by atoms with Crippen LogP contribution in [0.3, 0.4) is 0 Å². The number of sulfone groups is 1. The van der Waals surface area contributed by atoms with E-state index in [1.54, 1.807) is 35.3 Å². The van der Waals surface area contributed by atoms with Crippen molar-refractivity contribution in [1.82, 2.24) is 19.7 Å². The van der Waals surface area contributed by atoms with Crippen molar-refractivity contribution in [3.8, 4) is 0 Å². The average Bonchev–Trinajstić information content (AvgIpc) is 2.93. The minimum Gasteiger partial charge on any atom is -0.396 e. The van der Waals surface area contributed by atoms with Crippen LogP contribution in [0.2, 0.25) is 0 Å². The van der Waals surface area contributed by atoms with Gasteiger partial charge in [-0.15, -0.1) is 0 Å². The van der Waals surface area contributed by atoms with Crippen LogP contribution in [-0.4, -0.2) is 34.4 Å². The number of fused-ring (bicyclic) bond motifs is 1. The molecule has 0 aliphatic rings. The quantitative estimate of drug-likeness (QED) is 0.742. The number of H-pyrrole nitrogens is 1. The highest BCUT2D eigenvalue weighted by Gasteiger charge is 2.15. The molecule has 7 nitrogen and oxygen atoms in total. The monoisotopic (exact) mass is 291 g/mol. The van der Waals surface area contributed by atoms with E-state index in [4.69, 9.17) is 5.73 Å². The van der Waals surface area contributed by atoms with Crippen LogP contribution in [0.1, 0.15) is 5.82 Å². The summed E-state index contributed by atoms with van der Waals surface area (Å²) in [7, 11) is -3.31. The molecule has 0 radical (unpaired) electrons. The number of aromatic nitrogens is 4. The van der Waals surface area contributed by atoms with Crippen LogP contribution < -0.4 is 5.73 Å². The van der Waals surface area contributed by atoms with Gasteiger partial charge in [-0.05, 0) is 12.1 Å². The van der Waals surface area contributed by atoms with Crippen molar-refractivity contribution >= 4 is 26.6 Å². The molecule has 3 rings (SSSR count). The highest BCUT2D eigenvalue weighted by atomic mass is 32.2. The summed E-state index contributed by atoms with van der Waals surface area (Å²) in [5, 5.41) is 4.07. The zero-order valence-electron chi connectivity index (χ0n) is 10.7. The van der Waals surface area contributed by atoms with Gasteiger partial charge in [-0.25, -0.2) is 13.4 Å². The molecule has 0 amide bonds. The van der Waals surface area contributed by atoms with Gasteiger partial charge in [0.2, 0.25) is 0 Å². The van der Waals surface area contributed by atoms with Crippen molar-refractivity contribution in [3.63, 3.8) is 0 Å². The SMILES string of the molecule is CS(=O)(=O)c1cccc2[nH]c(Cn3cc(N)cn3)nc12. The largest absolute Gasteiger partial charge is 0.396 e. The van der Waals surface area contributed by atoms with E-state index < -0.39 is 9.84 Å². The first kappa shape index (κ1) is 12.7. The number of nitrogen functional groups attached to an aromatic ring is 1. The summed E-state index contributed by atoms with van der Waals surface area (Å²) in [5.41, 5.74) is 7.30. The Morgan fingerprint density at radius 3 is 2.85 bits per heavy atom. The van der Waals surface area contributed by atoms with E-state index in [2.05, 4.69) is 15.1 Å². The maximum atomic E-state index is 11.7. The average molecular weight is 291 g/mol. The highest BCUT2D eigenvalue weighted by molar-refractivity contribution is 7.91. The molecule has 8 heteroatoms. The van der Waals surface area contributed by atoms with E-state index in [9.17, 15) is 8.42 Å². The Kier molecular flexibility index (Phi) is 2.75. The Morgan fingerprint density at radius 2 is 2.20 bits per heavy atom. The molecule has 0 fully saturated rings. The summed E-state index contributed by atoms with van der Waals surface area (Å²) in [6.07, 6.45) is 4.40. The summed E-state index contributed by atoms with van der Waals surface area (Å²) in [5.74, 6) is 0.624. The molecule has 0 unspecified atom stereocenters. The molecular weight excluding hydrogens is 278 g/mol. The summed E-state index contributed by atoms with van der Waals surface area (Å²) < 4.78 is 25.1. The Bertz CT molecular complexity index is 878. The minimum absolute atomic E-state index is 0.220. The van der Waals surface area contributed by atoms with Crippen LogP contribution in [0, 0.1) is 0 Å². The number of para-hydroxylation sites is 1. The normalized spacial score (nSPS) is 12.1. The first-order valence-electron chi connectivity index (χ1n) is 5.89. The number of nitrogens with two attached hydrogens (primary N) is 1. The smallest absolute Gasteiger partial charge is 0.177 e. The number of nitrogens with zero attached hydrogens (tertiary/aromatic N) is 3. The zero-order valence-corrected chi connectivity index (χ0v) is 11.6. The van der Waals surface area contributed by atoms with Crippen molar-refractivity contribution in [3.05, 3.63) is 36.4 Å². The third-order valence-electron chi connectivity index (χ3n) is 2.89. The lowest BCUT2D eigenvalue weighted by Gasteiger charge is -1.97. The number of imidazole rings is 1. The van der Waals surface area contributed by atoms with Gasteiger partial charge in [0.05, 0.1) is 28.8 Å². The molecule has 20 heavy (non-hydrogen) atoms. The molecule has 0 aliphatic carbocycles.